The van der Waals surface area contributed by atoms with Crippen molar-refractivity contribution in [2.24, 2.45) is 0 Å². The van der Waals surface area contributed by atoms with Crippen molar-refractivity contribution < 1.29 is 9.53 Å². The molecule has 0 amide bonds. The van der Waals surface area contributed by atoms with Gasteiger partial charge in [0.15, 0.2) is 0 Å². The van der Waals surface area contributed by atoms with Crippen molar-refractivity contribution >= 4 is 54.8 Å². The maximum Gasteiger partial charge on any atom is 0.348 e. The van der Waals surface area contributed by atoms with E-state index in [1.807, 2.05) is 6.07 Å². The molecule has 1 N–H and O–H groups in total. The fourth-order valence-corrected chi connectivity index (χ4v) is 4.94. The number of thiophene rings is 1. The lowest BCUT2D eigenvalue weighted by Gasteiger charge is -2.36. The van der Waals surface area contributed by atoms with E-state index in [0.29, 0.717) is 33.0 Å². The van der Waals surface area contributed by atoms with Crippen LogP contribution in [0.2, 0.25) is 0 Å². The predicted molar refractivity (Wildman–Crippen MR) is 115 cm³/mol. The zero-order valence-corrected chi connectivity index (χ0v) is 18.1. The average molecular weight is 463 g/mol. The van der Waals surface area contributed by atoms with E-state index in [4.69, 9.17) is 4.74 Å². The SMILES string of the molecule is COC(=O)c1sc2nc(CN3CCN(C)c4cc(Br)ccc43)[nH]c(=O)c2c1C. The number of anilines is 2. The van der Waals surface area contributed by atoms with Gasteiger partial charge < -0.3 is 19.5 Å². The van der Waals surface area contributed by atoms with Gasteiger partial charge in [-0.05, 0) is 30.7 Å². The van der Waals surface area contributed by atoms with Gasteiger partial charge in [0, 0.05) is 24.6 Å². The molecule has 28 heavy (non-hydrogen) atoms. The summed E-state index contributed by atoms with van der Waals surface area (Å²) in [7, 11) is 3.40. The highest BCUT2D eigenvalue weighted by Gasteiger charge is 2.23. The standard InChI is InChI=1S/C19H19BrN4O3S/c1-10-15-17(25)21-14(22-18(15)28-16(10)19(26)27-3)9-24-7-6-23(2)13-8-11(20)4-5-12(13)24/h4-5,8H,6-7,9H2,1-3H3,(H,21,22,25). The van der Waals surface area contributed by atoms with Gasteiger partial charge in [-0.3, -0.25) is 4.79 Å². The van der Waals surface area contributed by atoms with Crippen molar-refractivity contribution in [1.29, 1.82) is 0 Å². The van der Waals surface area contributed by atoms with Crippen LogP contribution >= 0.6 is 27.3 Å². The summed E-state index contributed by atoms with van der Waals surface area (Å²) in [6.07, 6.45) is 0. The Balaban J connectivity index is 1.72. The highest BCUT2D eigenvalue weighted by Crippen LogP contribution is 2.35. The van der Waals surface area contributed by atoms with Crippen LogP contribution in [-0.4, -0.2) is 43.2 Å². The molecule has 9 heteroatoms. The number of H-pyrrole nitrogens is 1. The fourth-order valence-electron chi connectivity index (χ4n) is 3.48. The summed E-state index contributed by atoms with van der Waals surface area (Å²) in [6.45, 7) is 3.93. The van der Waals surface area contributed by atoms with Crippen molar-refractivity contribution in [2.75, 3.05) is 37.0 Å². The Bertz CT molecular complexity index is 1140. The Morgan fingerprint density at radius 1 is 1.36 bits per heavy atom. The smallest absolute Gasteiger partial charge is 0.348 e. The summed E-state index contributed by atoms with van der Waals surface area (Å²) in [4.78, 5) is 37.5. The van der Waals surface area contributed by atoms with Crippen LogP contribution in [-0.2, 0) is 11.3 Å². The van der Waals surface area contributed by atoms with Gasteiger partial charge in [-0.15, -0.1) is 11.3 Å². The number of nitrogens with zero attached hydrogens (tertiary/aromatic N) is 3. The lowest BCUT2D eigenvalue weighted by Crippen LogP contribution is -2.39. The molecule has 0 unspecified atom stereocenters. The molecule has 0 bridgehead atoms. The van der Waals surface area contributed by atoms with E-state index in [9.17, 15) is 9.59 Å². The van der Waals surface area contributed by atoms with E-state index < -0.39 is 5.97 Å². The van der Waals surface area contributed by atoms with E-state index in [1.165, 1.54) is 18.4 Å². The molecule has 3 aromatic rings. The Morgan fingerprint density at radius 3 is 2.89 bits per heavy atom. The average Bonchev–Trinajstić information content (AvgIpc) is 3.00. The number of halogens is 1. The number of likely N-dealkylation sites (N-methyl/N-ethyl adjacent to an activating group) is 1. The largest absolute Gasteiger partial charge is 0.465 e. The number of methoxy groups -OCH3 is 1. The van der Waals surface area contributed by atoms with Crippen LogP contribution < -0.4 is 15.4 Å². The molecular weight excluding hydrogens is 444 g/mol. The minimum Gasteiger partial charge on any atom is -0.465 e. The molecule has 2 aromatic heterocycles. The molecule has 3 heterocycles. The second-order valence-corrected chi connectivity index (χ2v) is 8.63. The minimum absolute atomic E-state index is 0.228. The number of rotatable bonds is 3. The van der Waals surface area contributed by atoms with Gasteiger partial charge in [-0.1, -0.05) is 15.9 Å². The monoisotopic (exact) mass is 462 g/mol. The number of aryl methyl sites for hydroxylation is 1. The molecule has 0 saturated heterocycles. The number of carbonyl (C=O) groups is 1. The zero-order valence-electron chi connectivity index (χ0n) is 15.7. The first kappa shape index (κ1) is 18.9. The number of aromatic nitrogens is 2. The zero-order chi connectivity index (χ0) is 20.0. The lowest BCUT2D eigenvalue weighted by molar-refractivity contribution is 0.0605. The summed E-state index contributed by atoms with van der Waals surface area (Å²) in [5.41, 5.74) is 2.61. The van der Waals surface area contributed by atoms with Gasteiger partial charge in [0.05, 0.1) is 30.4 Å². The van der Waals surface area contributed by atoms with Crippen molar-refractivity contribution in [3.63, 3.8) is 0 Å². The van der Waals surface area contributed by atoms with E-state index in [1.54, 1.807) is 6.92 Å². The van der Waals surface area contributed by atoms with Crippen molar-refractivity contribution in [3.8, 4) is 0 Å². The van der Waals surface area contributed by atoms with E-state index in [-0.39, 0.29) is 5.56 Å². The Morgan fingerprint density at radius 2 is 2.14 bits per heavy atom. The first-order valence-electron chi connectivity index (χ1n) is 8.75. The van der Waals surface area contributed by atoms with Gasteiger partial charge >= 0.3 is 5.97 Å². The number of ether oxygens (including phenoxy) is 1. The minimum atomic E-state index is -0.444. The fraction of sp³-hybridized carbons (Fsp3) is 0.316. The third kappa shape index (κ3) is 3.18. The van der Waals surface area contributed by atoms with Gasteiger partial charge in [0.1, 0.15) is 15.5 Å². The van der Waals surface area contributed by atoms with Gasteiger partial charge in [0.25, 0.3) is 5.56 Å². The second-order valence-electron chi connectivity index (χ2n) is 6.72. The number of esters is 1. The third-order valence-corrected chi connectivity index (χ3v) is 6.61. The van der Waals surface area contributed by atoms with Crippen LogP contribution in [0.4, 0.5) is 11.4 Å². The highest BCUT2D eigenvalue weighted by molar-refractivity contribution is 9.10. The Kier molecular flexibility index (Phi) is 4.88. The molecule has 4 rings (SSSR count). The number of carbonyl (C=O) groups excluding carboxylic acids is 1. The van der Waals surface area contributed by atoms with Crippen LogP contribution in [0.25, 0.3) is 10.2 Å². The maximum absolute atomic E-state index is 12.7. The maximum atomic E-state index is 12.7. The molecule has 1 aromatic carbocycles. The van der Waals surface area contributed by atoms with Gasteiger partial charge in [-0.25, -0.2) is 9.78 Å². The van der Waals surface area contributed by atoms with Crippen LogP contribution in [0.5, 0.6) is 0 Å². The Hall–Kier alpha value is -2.39. The molecule has 1 aliphatic rings. The van der Waals surface area contributed by atoms with Gasteiger partial charge in [-0.2, -0.15) is 0 Å². The molecular formula is C19H19BrN4O3S. The summed E-state index contributed by atoms with van der Waals surface area (Å²) in [6, 6.07) is 6.16. The summed E-state index contributed by atoms with van der Waals surface area (Å²) in [5.74, 6) is 0.133. The molecule has 1 aliphatic heterocycles. The van der Waals surface area contributed by atoms with Crippen LogP contribution in [0, 0.1) is 6.92 Å². The molecule has 0 atom stereocenters. The highest BCUT2D eigenvalue weighted by atomic mass is 79.9. The molecule has 0 radical (unpaired) electrons. The number of benzene rings is 1. The topological polar surface area (TPSA) is 78.5 Å². The van der Waals surface area contributed by atoms with Crippen molar-refractivity contribution in [1.82, 2.24) is 9.97 Å². The molecule has 7 nitrogen and oxygen atoms in total. The van der Waals surface area contributed by atoms with Crippen molar-refractivity contribution in [3.05, 3.63) is 49.3 Å². The third-order valence-electron chi connectivity index (χ3n) is 4.96. The summed E-state index contributed by atoms with van der Waals surface area (Å²) >= 11 is 4.72. The van der Waals surface area contributed by atoms with Crippen LogP contribution in [0.1, 0.15) is 21.1 Å². The van der Waals surface area contributed by atoms with Crippen LogP contribution in [0.3, 0.4) is 0 Å². The number of hydrogen-bond donors (Lipinski definition) is 1. The molecule has 146 valence electrons. The normalized spacial score (nSPS) is 13.7. The number of nitrogens with one attached hydrogen (secondary N) is 1. The second kappa shape index (κ2) is 7.21. The predicted octanol–water partition coefficient (Wildman–Crippen LogP) is 3.30. The van der Waals surface area contributed by atoms with E-state index >= 15 is 0 Å². The van der Waals surface area contributed by atoms with E-state index in [0.717, 1.165) is 28.9 Å². The molecule has 0 fully saturated rings. The number of aromatic amines is 1. The first-order valence-corrected chi connectivity index (χ1v) is 10.4. The van der Waals surface area contributed by atoms with Crippen molar-refractivity contribution in [2.45, 2.75) is 13.5 Å². The molecule has 0 saturated carbocycles. The number of fused-ring (bicyclic) bond motifs is 2. The summed E-state index contributed by atoms with van der Waals surface area (Å²) < 4.78 is 5.84. The first-order chi connectivity index (χ1) is 13.4. The molecule has 0 spiro atoms. The van der Waals surface area contributed by atoms with E-state index in [2.05, 4.69) is 54.9 Å². The quantitative estimate of drug-likeness (QED) is 0.601. The van der Waals surface area contributed by atoms with Crippen LogP contribution in [0.15, 0.2) is 27.5 Å². The lowest BCUT2D eigenvalue weighted by atomic mass is 10.1. The molecule has 0 aliphatic carbocycles. The van der Waals surface area contributed by atoms with Gasteiger partial charge in [0.2, 0.25) is 0 Å². The Labute approximate surface area is 174 Å². The number of hydrogen-bond acceptors (Lipinski definition) is 7. The summed E-state index contributed by atoms with van der Waals surface area (Å²) in [5, 5.41) is 0.455.